The molecule has 112 valence electrons. The number of hydrogen-bond acceptors (Lipinski definition) is 2. The van der Waals surface area contributed by atoms with Crippen molar-refractivity contribution in [2.45, 2.75) is 25.2 Å². The minimum atomic E-state index is 1.000. The highest BCUT2D eigenvalue weighted by atomic mass is 32.2. The molecule has 0 atom stereocenters. The molecule has 0 aliphatic heterocycles. The van der Waals surface area contributed by atoms with E-state index in [0.29, 0.717) is 0 Å². The largest absolute Gasteiger partial charge is 0.240 e. The summed E-state index contributed by atoms with van der Waals surface area (Å²) in [7, 11) is 0. The van der Waals surface area contributed by atoms with Gasteiger partial charge in [-0.3, -0.25) is 0 Å². The van der Waals surface area contributed by atoms with E-state index in [9.17, 15) is 0 Å². The molecule has 22 heavy (non-hydrogen) atoms. The first-order valence-corrected chi connectivity index (χ1v) is 8.73. The first kappa shape index (κ1) is 14.9. The second-order valence-electron chi connectivity index (χ2n) is 5.33. The zero-order chi connectivity index (χ0) is 15.5. The third-order valence-corrected chi connectivity index (χ3v) is 4.60. The van der Waals surface area contributed by atoms with Crippen LogP contribution in [0.3, 0.4) is 0 Å². The molecule has 1 heterocycles. The minimum absolute atomic E-state index is 1.000. The van der Waals surface area contributed by atoms with Crippen LogP contribution in [0.1, 0.15) is 18.2 Å². The van der Waals surface area contributed by atoms with Crippen LogP contribution >= 0.6 is 11.8 Å². The highest BCUT2D eigenvalue weighted by Gasteiger charge is 2.07. The van der Waals surface area contributed by atoms with E-state index in [2.05, 4.69) is 60.7 Å². The van der Waals surface area contributed by atoms with Gasteiger partial charge in [-0.1, -0.05) is 31.2 Å². The van der Waals surface area contributed by atoms with Gasteiger partial charge in [-0.25, -0.2) is 4.68 Å². The van der Waals surface area contributed by atoms with Crippen molar-refractivity contribution in [3.05, 3.63) is 66.0 Å². The third kappa shape index (κ3) is 2.95. The molecule has 3 aromatic rings. The zero-order valence-electron chi connectivity index (χ0n) is 13.2. The van der Waals surface area contributed by atoms with E-state index in [1.807, 2.05) is 23.9 Å². The van der Waals surface area contributed by atoms with E-state index in [1.165, 1.54) is 27.3 Å². The van der Waals surface area contributed by atoms with Crippen molar-refractivity contribution in [3.8, 4) is 16.8 Å². The quantitative estimate of drug-likeness (QED) is 0.622. The molecule has 0 radical (unpaired) electrons. The van der Waals surface area contributed by atoms with Crippen LogP contribution in [0.5, 0.6) is 0 Å². The van der Waals surface area contributed by atoms with Crippen LogP contribution in [0.4, 0.5) is 0 Å². The van der Waals surface area contributed by atoms with E-state index in [0.717, 1.165) is 12.1 Å². The van der Waals surface area contributed by atoms with Crippen LogP contribution in [0.15, 0.2) is 59.6 Å². The van der Waals surface area contributed by atoms with Crippen molar-refractivity contribution in [1.82, 2.24) is 9.78 Å². The van der Waals surface area contributed by atoms with Gasteiger partial charge in [0, 0.05) is 11.1 Å². The fraction of sp³-hybridized carbons (Fsp3) is 0.211. The lowest BCUT2D eigenvalue weighted by molar-refractivity contribution is 0.847. The topological polar surface area (TPSA) is 17.8 Å². The van der Waals surface area contributed by atoms with Crippen molar-refractivity contribution >= 4 is 11.8 Å². The number of nitrogens with zero attached hydrogens (tertiary/aromatic N) is 2. The van der Waals surface area contributed by atoms with E-state index in [-0.39, 0.29) is 0 Å². The average molecular weight is 308 g/mol. The molecule has 0 fully saturated rings. The molecule has 0 amide bonds. The smallest absolute Gasteiger partial charge is 0.0683 e. The van der Waals surface area contributed by atoms with Crippen molar-refractivity contribution in [1.29, 1.82) is 0 Å². The second kappa shape index (κ2) is 6.41. The van der Waals surface area contributed by atoms with Crippen molar-refractivity contribution in [2.75, 3.05) is 6.26 Å². The van der Waals surface area contributed by atoms with E-state index in [4.69, 9.17) is 0 Å². The summed E-state index contributed by atoms with van der Waals surface area (Å²) in [6, 6.07) is 17.4. The van der Waals surface area contributed by atoms with Gasteiger partial charge >= 0.3 is 0 Å². The van der Waals surface area contributed by atoms with E-state index in [1.54, 1.807) is 11.8 Å². The monoisotopic (exact) mass is 308 g/mol. The van der Waals surface area contributed by atoms with Gasteiger partial charge in [0.1, 0.15) is 0 Å². The molecule has 0 aliphatic carbocycles. The van der Waals surface area contributed by atoms with Crippen molar-refractivity contribution in [2.24, 2.45) is 0 Å². The third-order valence-electron chi connectivity index (χ3n) is 3.86. The van der Waals surface area contributed by atoms with Crippen LogP contribution in [0.25, 0.3) is 16.8 Å². The summed E-state index contributed by atoms with van der Waals surface area (Å²) in [5.74, 6) is 0. The molecular formula is C19H20N2S. The molecular weight excluding hydrogens is 288 g/mol. The number of aromatic nitrogens is 2. The number of benzene rings is 2. The van der Waals surface area contributed by atoms with E-state index >= 15 is 0 Å². The molecule has 0 N–H and O–H groups in total. The van der Waals surface area contributed by atoms with Gasteiger partial charge in [-0.05, 0) is 60.6 Å². The summed E-state index contributed by atoms with van der Waals surface area (Å²) in [5, 5.41) is 4.57. The van der Waals surface area contributed by atoms with Crippen LogP contribution < -0.4 is 0 Å². The number of aryl methyl sites for hydroxylation is 2. The lowest BCUT2D eigenvalue weighted by atomic mass is 10.0. The Kier molecular flexibility index (Phi) is 4.34. The number of rotatable bonds is 4. The van der Waals surface area contributed by atoms with Crippen LogP contribution in [0, 0.1) is 6.92 Å². The summed E-state index contributed by atoms with van der Waals surface area (Å²) in [6.07, 6.45) is 5.13. The second-order valence-corrected chi connectivity index (χ2v) is 6.21. The van der Waals surface area contributed by atoms with Gasteiger partial charge in [-0.15, -0.1) is 11.8 Å². The maximum atomic E-state index is 4.57. The van der Waals surface area contributed by atoms with Crippen molar-refractivity contribution in [3.63, 3.8) is 0 Å². The number of hydrogen-bond donors (Lipinski definition) is 0. The van der Waals surface area contributed by atoms with Crippen LogP contribution in [-0.2, 0) is 6.42 Å². The van der Waals surface area contributed by atoms with Crippen molar-refractivity contribution < 1.29 is 0 Å². The summed E-state index contributed by atoms with van der Waals surface area (Å²) < 4.78 is 1.98. The molecule has 0 saturated carbocycles. The normalized spacial score (nSPS) is 10.9. The highest BCUT2D eigenvalue weighted by molar-refractivity contribution is 7.98. The van der Waals surface area contributed by atoms with Gasteiger partial charge in [0.2, 0.25) is 0 Å². The fourth-order valence-corrected chi connectivity index (χ4v) is 3.00. The molecule has 0 bridgehead atoms. The Balaban J connectivity index is 2.06. The summed E-state index contributed by atoms with van der Waals surface area (Å²) in [6.45, 7) is 4.20. The maximum Gasteiger partial charge on any atom is 0.0683 e. The molecule has 2 nitrogen and oxygen atoms in total. The summed E-state index contributed by atoms with van der Waals surface area (Å²) in [4.78, 5) is 1.29. The predicted octanol–water partition coefficient (Wildman–Crippen LogP) is 5.13. The molecule has 0 aliphatic rings. The summed E-state index contributed by atoms with van der Waals surface area (Å²) >= 11 is 1.77. The Hall–Kier alpha value is -2.00. The number of thioether (sulfide) groups is 1. The van der Waals surface area contributed by atoms with Gasteiger partial charge in [0.05, 0.1) is 11.4 Å². The minimum Gasteiger partial charge on any atom is -0.240 e. The van der Waals surface area contributed by atoms with Gasteiger partial charge < -0.3 is 0 Å². The van der Waals surface area contributed by atoms with Gasteiger partial charge in [-0.2, -0.15) is 5.10 Å². The van der Waals surface area contributed by atoms with Gasteiger partial charge in [0.25, 0.3) is 0 Å². The first-order chi connectivity index (χ1) is 10.7. The molecule has 0 spiro atoms. The SMILES string of the molecule is CCc1ccc(-c2ccc(SC)cc2)cc1-n1ccc(C)n1. The molecule has 0 unspecified atom stereocenters. The lowest BCUT2D eigenvalue weighted by Crippen LogP contribution is -2.00. The first-order valence-electron chi connectivity index (χ1n) is 7.51. The lowest BCUT2D eigenvalue weighted by Gasteiger charge is -2.11. The Morgan fingerprint density at radius 3 is 2.32 bits per heavy atom. The van der Waals surface area contributed by atoms with Crippen LogP contribution in [0.2, 0.25) is 0 Å². The molecule has 3 rings (SSSR count). The Bertz CT molecular complexity index is 772. The Morgan fingerprint density at radius 2 is 1.73 bits per heavy atom. The van der Waals surface area contributed by atoms with E-state index < -0.39 is 0 Å². The van der Waals surface area contributed by atoms with Crippen LogP contribution in [-0.4, -0.2) is 16.0 Å². The summed E-state index contributed by atoms with van der Waals surface area (Å²) in [5.41, 5.74) is 5.99. The molecule has 3 heteroatoms. The average Bonchev–Trinajstić information content (AvgIpc) is 3.00. The Morgan fingerprint density at radius 1 is 1.00 bits per heavy atom. The molecule has 1 aromatic heterocycles. The molecule has 2 aromatic carbocycles. The Labute approximate surface area is 136 Å². The predicted molar refractivity (Wildman–Crippen MR) is 94.9 cm³/mol. The van der Waals surface area contributed by atoms with Gasteiger partial charge in [0.15, 0.2) is 0 Å². The molecule has 0 saturated heterocycles. The standard InChI is InChI=1S/C19H20N2S/c1-4-15-5-6-17(16-7-9-18(22-3)10-8-16)13-19(15)21-12-11-14(2)20-21/h5-13H,4H2,1-3H3. The fourth-order valence-electron chi connectivity index (χ4n) is 2.59. The zero-order valence-corrected chi connectivity index (χ0v) is 14.0. The maximum absolute atomic E-state index is 4.57. The highest BCUT2D eigenvalue weighted by Crippen LogP contribution is 2.27.